The molecule has 0 amide bonds. The van der Waals surface area contributed by atoms with Gasteiger partial charge < -0.3 is 14.5 Å². The molecule has 3 nitrogen and oxygen atoms in total. The van der Waals surface area contributed by atoms with Crippen molar-refractivity contribution in [3.63, 3.8) is 0 Å². The summed E-state index contributed by atoms with van der Waals surface area (Å²) in [5, 5.41) is 3.15. The summed E-state index contributed by atoms with van der Waals surface area (Å²) < 4.78 is 11.7. The Bertz CT molecular complexity index is 351. The van der Waals surface area contributed by atoms with Gasteiger partial charge in [-0.3, -0.25) is 0 Å². The van der Waals surface area contributed by atoms with E-state index in [1.165, 1.54) is 44.1 Å². The van der Waals surface area contributed by atoms with Crippen LogP contribution in [0.2, 0.25) is 0 Å². The molecule has 0 unspecified atom stereocenters. The van der Waals surface area contributed by atoms with Gasteiger partial charge in [0.25, 0.3) is 0 Å². The highest BCUT2D eigenvalue weighted by Gasteiger charge is 2.14. The lowest BCUT2D eigenvalue weighted by atomic mass is 10.1. The van der Waals surface area contributed by atoms with Crippen molar-refractivity contribution in [2.24, 2.45) is 0 Å². The van der Waals surface area contributed by atoms with E-state index in [1.54, 1.807) is 0 Å². The van der Waals surface area contributed by atoms with Gasteiger partial charge in [0, 0.05) is 12.1 Å². The highest BCUT2D eigenvalue weighted by atomic mass is 16.5. The molecule has 3 heteroatoms. The van der Waals surface area contributed by atoms with Crippen LogP contribution in [0, 0.1) is 6.92 Å². The maximum atomic E-state index is 5.98. The monoisotopic (exact) mass is 251 g/mol. The van der Waals surface area contributed by atoms with E-state index in [4.69, 9.17) is 9.15 Å². The molecule has 1 aliphatic carbocycles. The lowest BCUT2D eigenvalue weighted by molar-refractivity contribution is 0.0216. The van der Waals surface area contributed by atoms with Crippen LogP contribution >= 0.6 is 0 Å². The molecule has 18 heavy (non-hydrogen) atoms. The summed E-state index contributed by atoms with van der Waals surface area (Å²) in [6.07, 6.45) is 8.22. The average molecular weight is 251 g/mol. The second-order valence-corrected chi connectivity index (χ2v) is 5.25. The Hall–Kier alpha value is -0.800. The van der Waals surface area contributed by atoms with Gasteiger partial charge in [-0.2, -0.15) is 0 Å². The van der Waals surface area contributed by atoms with E-state index in [-0.39, 0.29) is 0 Å². The molecule has 1 aromatic heterocycles. The molecular weight excluding hydrogens is 226 g/mol. The smallest absolute Gasteiger partial charge is 0.130 e. The quantitative estimate of drug-likeness (QED) is 0.813. The molecule has 0 atom stereocenters. The third-order valence-corrected chi connectivity index (χ3v) is 3.70. The Balaban J connectivity index is 1.83. The highest BCUT2D eigenvalue weighted by molar-refractivity contribution is 5.20. The summed E-state index contributed by atoms with van der Waals surface area (Å²) in [7, 11) is 1.95. The zero-order chi connectivity index (χ0) is 12.8. The number of furan rings is 1. The van der Waals surface area contributed by atoms with Gasteiger partial charge in [-0.15, -0.1) is 0 Å². The number of hydrogen-bond donors (Lipinski definition) is 1. The SMILES string of the molecule is CNCc1cc(COC2CCCCCC2)oc1C. The summed E-state index contributed by atoms with van der Waals surface area (Å²) in [6, 6.07) is 2.11. The van der Waals surface area contributed by atoms with E-state index >= 15 is 0 Å². The van der Waals surface area contributed by atoms with Crippen molar-refractivity contribution >= 4 is 0 Å². The van der Waals surface area contributed by atoms with Gasteiger partial charge in [0.05, 0.1) is 6.10 Å². The normalized spacial score (nSPS) is 17.9. The molecule has 0 aliphatic heterocycles. The van der Waals surface area contributed by atoms with E-state index in [1.807, 2.05) is 14.0 Å². The molecule has 2 rings (SSSR count). The van der Waals surface area contributed by atoms with Crippen molar-refractivity contribution in [2.45, 2.75) is 64.7 Å². The first-order valence-corrected chi connectivity index (χ1v) is 7.14. The molecule has 0 saturated heterocycles. The molecule has 0 radical (unpaired) electrons. The largest absolute Gasteiger partial charge is 0.464 e. The van der Waals surface area contributed by atoms with Crippen LogP contribution in [0.3, 0.4) is 0 Å². The van der Waals surface area contributed by atoms with Gasteiger partial charge in [-0.1, -0.05) is 25.7 Å². The van der Waals surface area contributed by atoms with Crippen LogP contribution in [0.25, 0.3) is 0 Å². The fourth-order valence-electron chi connectivity index (χ4n) is 2.63. The van der Waals surface area contributed by atoms with E-state index in [0.717, 1.165) is 18.1 Å². The van der Waals surface area contributed by atoms with Gasteiger partial charge >= 0.3 is 0 Å². The molecule has 1 aromatic rings. The molecule has 0 aromatic carbocycles. The number of aryl methyl sites for hydroxylation is 1. The molecular formula is C15H25NO2. The van der Waals surface area contributed by atoms with Crippen LogP contribution in [0.15, 0.2) is 10.5 Å². The summed E-state index contributed by atoms with van der Waals surface area (Å²) >= 11 is 0. The van der Waals surface area contributed by atoms with Crippen LogP contribution in [0.1, 0.15) is 55.6 Å². The van der Waals surface area contributed by atoms with Crippen molar-refractivity contribution in [2.75, 3.05) is 7.05 Å². The van der Waals surface area contributed by atoms with Gasteiger partial charge in [0.15, 0.2) is 0 Å². The maximum Gasteiger partial charge on any atom is 0.130 e. The third-order valence-electron chi connectivity index (χ3n) is 3.70. The van der Waals surface area contributed by atoms with Gasteiger partial charge in [-0.05, 0) is 32.9 Å². The summed E-state index contributed by atoms with van der Waals surface area (Å²) in [5.74, 6) is 1.96. The van der Waals surface area contributed by atoms with Crippen molar-refractivity contribution in [1.29, 1.82) is 0 Å². The fraction of sp³-hybridized carbons (Fsp3) is 0.733. The zero-order valence-corrected chi connectivity index (χ0v) is 11.6. The number of rotatable bonds is 5. The lowest BCUT2D eigenvalue weighted by Crippen LogP contribution is -2.11. The Labute approximate surface area is 110 Å². The number of nitrogens with one attached hydrogen (secondary N) is 1. The van der Waals surface area contributed by atoms with Gasteiger partial charge in [-0.25, -0.2) is 0 Å². The maximum absolute atomic E-state index is 5.98. The van der Waals surface area contributed by atoms with Crippen LogP contribution in [-0.4, -0.2) is 13.2 Å². The average Bonchev–Trinajstić information content (AvgIpc) is 2.57. The lowest BCUT2D eigenvalue weighted by Gasteiger charge is -2.13. The van der Waals surface area contributed by atoms with E-state index < -0.39 is 0 Å². The number of hydrogen-bond acceptors (Lipinski definition) is 3. The standard InChI is InChI=1S/C15H25NO2/c1-12-13(10-16-2)9-15(18-12)11-17-14-7-5-3-4-6-8-14/h9,14,16H,3-8,10-11H2,1-2H3. The zero-order valence-electron chi connectivity index (χ0n) is 11.6. The summed E-state index contributed by atoms with van der Waals surface area (Å²) in [6.45, 7) is 3.50. The van der Waals surface area contributed by atoms with Crippen LogP contribution in [0.5, 0.6) is 0 Å². The van der Waals surface area contributed by atoms with Crippen molar-refractivity contribution in [3.8, 4) is 0 Å². The van der Waals surface area contributed by atoms with E-state index in [9.17, 15) is 0 Å². The molecule has 1 aliphatic rings. The van der Waals surface area contributed by atoms with Crippen molar-refractivity contribution in [3.05, 3.63) is 23.2 Å². The molecule has 0 bridgehead atoms. The van der Waals surface area contributed by atoms with Gasteiger partial charge in [0.1, 0.15) is 18.1 Å². The summed E-state index contributed by atoms with van der Waals surface area (Å²) in [5.41, 5.74) is 1.23. The van der Waals surface area contributed by atoms with E-state index in [0.29, 0.717) is 12.7 Å². The minimum absolute atomic E-state index is 0.436. The molecule has 1 heterocycles. The summed E-state index contributed by atoms with van der Waals surface area (Å²) in [4.78, 5) is 0. The minimum Gasteiger partial charge on any atom is -0.464 e. The fourth-order valence-corrected chi connectivity index (χ4v) is 2.63. The first-order valence-electron chi connectivity index (χ1n) is 7.14. The molecule has 1 fully saturated rings. The second-order valence-electron chi connectivity index (χ2n) is 5.25. The first-order chi connectivity index (χ1) is 8.79. The molecule has 0 spiro atoms. The molecule has 1 saturated carbocycles. The van der Waals surface area contributed by atoms with E-state index in [2.05, 4.69) is 11.4 Å². The first kappa shape index (κ1) is 13.6. The second kappa shape index (κ2) is 6.95. The van der Waals surface area contributed by atoms with Crippen LogP contribution < -0.4 is 5.32 Å². The van der Waals surface area contributed by atoms with Crippen molar-refractivity contribution in [1.82, 2.24) is 5.32 Å². The minimum atomic E-state index is 0.436. The Morgan fingerprint density at radius 2 is 2.00 bits per heavy atom. The van der Waals surface area contributed by atoms with Crippen molar-refractivity contribution < 1.29 is 9.15 Å². The van der Waals surface area contributed by atoms with Crippen LogP contribution in [0.4, 0.5) is 0 Å². The topological polar surface area (TPSA) is 34.4 Å². The Kier molecular flexibility index (Phi) is 5.26. The predicted octanol–water partition coefficient (Wildman–Crippen LogP) is 3.55. The molecule has 1 N–H and O–H groups in total. The van der Waals surface area contributed by atoms with Gasteiger partial charge in [0.2, 0.25) is 0 Å². The highest BCUT2D eigenvalue weighted by Crippen LogP contribution is 2.22. The third kappa shape index (κ3) is 3.85. The Morgan fingerprint density at radius 3 is 2.67 bits per heavy atom. The number of ether oxygens (including phenoxy) is 1. The predicted molar refractivity (Wildman–Crippen MR) is 72.5 cm³/mol. The Morgan fingerprint density at radius 1 is 1.28 bits per heavy atom. The van der Waals surface area contributed by atoms with Crippen LogP contribution in [-0.2, 0) is 17.9 Å². The molecule has 102 valence electrons.